The number of methoxy groups -OCH3 is 1. The van der Waals surface area contributed by atoms with E-state index in [1.54, 1.807) is 25.1 Å². The molecule has 1 aliphatic rings. The van der Waals surface area contributed by atoms with E-state index in [0.29, 0.717) is 30.9 Å². The van der Waals surface area contributed by atoms with Crippen molar-refractivity contribution in [3.8, 4) is 11.5 Å². The standard InChI is InChI=1S/C30H45N3O9S2/c1-21-18-33(22(2)20-34)30(35)27-17-24(31-43(6,36)37)10-15-28(27)42-23(3)9-7-8-16-41-29(21)19-32(4)44(38,39)26-13-11-25(40-5)12-14-26/h10-15,17,21-23,29,31,34H,7-9,16,18-20H2,1-6H3/t21-,22-,23+,29-/m0/s1. The Balaban J connectivity index is 1.97. The maximum atomic E-state index is 14.1. The number of ether oxygens (including phenoxy) is 3. The summed E-state index contributed by atoms with van der Waals surface area (Å²) in [7, 11) is -4.47. The number of benzene rings is 2. The smallest absolute Gasteiger partial charge is 0.258 e. The summed E-state index contributed by atoms with van der Waals surface area (Å²) in [5.74, 6) is 0.0233. The minimum Gasteiger partial charge on any atom is -0.497 e. The Morgan fingerprint density at radius 1 is 1.11 bits per heavy atom. The highest BCUT2D eigenvalue weighted by Gasteiger charge is 2.32. The molecule has 1 amide bonds. The van der Waals surface area contributed by atoms with Crippen LogP contribution in [0, 0.1) is 5.92 Å². The molecule has 0 spiro atoms. The molecule has 0 fully saturated rings. The molecule has 4 atom stereocenters. The third kappa shape index (κ3) is 9.54. The van der Waals surface area contributed by atoms with Crippen molar-refractivity contribution in [1.82, 2.24) is 9.21 Å². The van der Waals surface area contributed by atoms with Gasteiger partial charge in [0.05, 0.1) is 48.7 Å². The highest BCUT2D eigenvalue weighted by atomic mass is 32.2. The van der Waals surface area contributed by atoms with Gasteiger partial charge in [-0.15, -0.1) is 0 Å². The minimum atomic E-state index is -3.86. The van der Waals surface area contributed by atoms with E-state index in [1.807, 2.05) is 13.8 Å². The number of hydrogen-bond acceptors (Lipinski definition) is 9. The summed E-state index contributed by atoms with van der Waals surface area (Å²) in [5, 5.41) is 10.1. The molecule has 0 saturated heterocycles. The molecule has 0 radical (unpaired) electrons. The number of likely N-dealkylation sites (N-methyl/N-ethyl adjacent to an activating group) is 1. The van der Waals surface area contributed by atoms with Gasteiger partial charge in [-0.1, -0.05) is 6.92 Å². The molecule has 1 heterocycles. The molecular formula is C30H45N3O9S2. The average molecular weight is 656 g/mol. The first kappa shape index (κ1) is 35.6. The van der Waals surface area contributed by atoms with Gasteiger partial charge in [-0.05, 0) is 75.6 Å². The number of carbonyl (C=O) groups is 1. The van der Waals surface area contributed by atoms with Crippen LogP contribution in [0.3, 0.4) is 0 Å². The summed E-state index contributed by atoms with van der Waals surface area (Å²) in [6, 6.07) is 10.1. The maximum Gasteiger partial charge on any atom is 0.258 e. The van der Waals surface area contributed by atoms with E-state index in [0.717, 1.165) is 12.7 Å². The molecule has 2 aromatic rings. The largest absolute Gasteiger partial charge is 0.497 e. The molecule has 1 aliphatic heterocycles. The number of rotatable bonds is 9. The third-order valence-corrected chi connectivity index (χ3v) is 10.0. The lowest BCUT2D eigenvalue weighted by atomic mass is 10.0. The number of nitrogens with one attached hydrogen (secondary N) is 1. The zero-order chi connectivity index (χ0) is 32.7. The summed E-state index contributed by atoms with van der Waals surface area (Å²) >= 11 is 0. The van der Waals surface area contributed by atoms with Crippen LogP contribution in [0.2, 0.25) is 0 Å². The molecule has 3 rings (SSSR count). The zero-order valence-electron chi connectivity index (χ0n) is 26.2. The van der Waals surface area contributed by atoms with Crippen molar-refractivity contribution in [3.63, 3.8) is 0 Å². The molecule has 2 N–H and O–H groups in total. The molecule has 0 aliphatic carbocycles. The maximum absolute atomic E-state index is 14.1. The number of nitrogens with zero attached hydrogens (tertiary/aromatic N) is 2. The number of amides is 1. The molecule has 246 valence electrons. The molecule has 14 heteroatoms. The fraction of sp³-hybridized carbons (Fsp3) is 0.567. The van der Waals surface area contributed by atoms with Crippen molar-refractivity contribution in [2.45, 2.75) is 63.2 Å². The quantitative estimate of drug-likeness (QED) is 0.415. The number of aliphatic hydroxyl groups is 1. The van der Waals surface area contributed by atoms with Crippen molar-refractivity contribution in [1.29, 1.82) is 0 Å². The first-order chi connectivity index (χ1) is 20.7. The predicted molar refractivity (Wildman–Crippen MR) is 168 cm³/mol. The third-order valence-electron chi connectivity index (χ3n) is 7.56. The number of aliphatic hydroxyl groups excluding tert-OH is 1. The van der Waals surface area contributed by atoms with Gasteiger partial charge in [0.2, 0.25) is 20.0 Å². The summed E-state index contributed by atoms with van der Waals surface area (Å²) in [6.07, 6.45) is 2.34. The first-order valence-corrected chi connectivity index (χ1v) is 17.9. The second-order valence-corrected chi connectivity index (χ2v) is 15.1. The Labute approximate surface area is 261 Å². The number of hydrogen-bond donors (Lipinski definition) is 2. The normalized spacial score (nSPS) is 21.6. The minimum absolute atomic E-state index is 0.0313. The summed E-state index contributed by atoms with van der Waals surface area (Å²) in [4.78, 5) is 15.7. The van der Waals surface area contributed by atoms with Gasteiger partial charge in [-0.2, -0.15) is 4.31 Å². The monoisotopic (exact) mass is 655 g/mol. The summed E-state index contributed by atoms with van der Waals surface area (Å²) < 4.78 is 71.9. The molecule has 0 saturated carbocycles. The van der Waals surface area contributed by atoms with Crippen LogP contribution in [0.1, 0.15) is 50.4 Å². The van der Waals surface area contributed by atoms with E-state index in [2.05, 4.69) is 4.72 Å². The topological polar surface area (TPSA) is 152 Å². The summed E-state index contributed by atoms with van der Waals surface area (Å²) in [6.45, 7) is 5.68. The highest BCUT2D eigenvalue weighted by Crippen LogP contribution is 2.29. The van der Waals surface area contributed by atoms with Gasteiger partial charge < -0.3 is 24.2 Å². The van der Waals surface area contributed by atoms with E-state index in [9.17, 15) is 26.7 Å². The molecule has 2 aromatic carbocycles. The van der Waals surface area contributed by atoms with E-state index in [1.165, 1.54) is 47.6 Å². The highest BCUT2D eigenvalue weighted by molar-refractivity contribution is 7.92. The molecule has 0 aromatic heterocycles. The van der Waals surface area contributed by atoms with E-state index >= 15 is 0 Å². The van der Waals surface area contributed by atoms with Gasteiger partial charge in [-0.3, -0.25) is 9.52 Å². The molecule has 44 heavy (non-hydrogen) atoms. The lowest BCUT2D eigenvalue weighted by molar-refractivity contribution is -0.00833. The predicted octanol–water partition coefficient (Wildman–Crippen LogP) is 3.18. The van der Waals surface area contributed by atoms with Gasteiger partial charge in [0.15, 0.2) is 0 Å². The van der Waals surface area contributed by atoms with Crippen LogP contribution in [-0.2, 0) is 24.8 Å². The van der Waals surface area contributed by atoms with Gasteiger partial charge in [-0.25, -0.2) is 16.8 Å². The van der Waals surface area contributed by atoms with Gasteiger partial charge >= 0.3 is 0 Å². The van der Waals surface area contributed by atoms with Crippen LogP contribution in [0.5, 0.6) is 11.5 Å². The Morgan fingerprint density at radius 3 is 2.41 bits per heavy atom. The number of fused-ring (bicyclic) bond motifs is 1. The lowest BCUT2D eigenvalue weighted by Crippen LogP contribution is -2.48. The van der Waals surface area contributed by atoms with Crippen molar-refractivity contribution >= 4 is 31.6 Å². The van der Waals surface area contributed by atoms with Gasteiger partial charge in [0, 0.05) is 38.3 Å². The molecule has 0 unspecified atom stereocenters. The van der Waals surface area contributed by atoms with Crippen molar-refractivity contribution in [3.05, 3.63) is 48.0 Å². The van der Waals surface area contributed by atoms with Crippen LogP contribution < -0.4 is 14.2 Å². The van der Waals surface area contributed by atoms with E-state index in [4.69, 9.17) is 14.2 Å². The van der Waals surface area contributed by atoms with Gasteiger partial charge in [0.1, 0.15) is 11.5 Å². The van der Waals surface area contributed by atoms with Crippen molar-refractivity contribution in [2.75, 3.05) is 51.4 Å². The second-order valence-electron chi connectivity index (χ2n) is 11.3. The first-order valence-electron chi connectivity index (χ1n) is 14.6. The number of carbonyl (C=O) groups excluding carboxylic acids is 1. The lowest BCUT2D eigenvalue weighted by Gasteiger charge is -2.35. The average Bonchev–Trinajstić information content (AvgIpc) is 2.97. The van der Waals surface area contributed by atoms with Crippen LogP contribution >= 0.6 is 0 Å². The van der Waals surface area contributed by atoms with Crippen LogP contribution in [0.25, 0.3) is 0 Å². The van der Waals surface area contributed by atoms with E-state index < -0.39 is 38.1 Å². The molecule has 12 nitrogen and oxygen atoms in total. The van der Waals surface area contributed by atoms with E-state index in [-0.39, 0.29) is 47.9 Å². The fourth-order valence-corrected chi connectivity index (χ4v) is 6.68. The van der Waals surface area contributed by atoms with Crippen molar-refractivity contribution < 1.29 is 40.9 Å². The number of sulfonamides is 2. The van der Waals surface area contributed by atoms with Crippen LogP contribution in [0.15, 0.2) is 47.4 Å². The Bertz CT molecular complexity index is 1470. The fourth-order valence-electron chi connectivity index (χ4n) is 4.94. The Kier molecular flexibility index (Phi) is 12.4. The number of anilines is 1. The Morgan fingerprint density at radius 2 is 1.80 bits per heavy atom. The second kappa shape index (κ2) is 15.4. The van der Waals surface area contributed by atoms with Crippen molar-refractivity contribution in [2.24, 2.45) is 5.92 Å². The molecule has 0 bridgehead atoms. The van der Waals surface area contributed by atoms with Crippen LogP contribution in [0.4, 0.5) is 5.69 Å². The SMILES string of the molecule is COc1ccc(S(=O)(=O)N(C)C[C@@H]2OCCCC[C@@H](C)Oc3ccc(NS(C)(=O)=O)cc3C(=O)N([C@@H](C)CO)C[C@@H]2C)cc1. The molecular weight excluding hydrogens is 610 g/mol. The van der Waals surface area contributed by atoms with Crippen LogP contribution in [-0.4, -0.2) is 102 Å². The van der Waals surface area contributed by atoms with Gasteiger partial charge in [0.25, 0.3) is 5.91 Å². The summed E-state index contributed by atoms with van der Waals surface area (Å²) in [5.41, 5.74) is 0.347. The zero-order valence-corrected chi connectivity index (χ0v) is 27.9. The Hall–Kier alpha value is -2.91.